The van der Waals surface area contributed by atoms with Gasteiger partial charge in [-0.25, -0.2) is 5.10 Å². The fourth-order valence-electron chi connectivity index (χ4n) is 3.87. The van der Waals surface area contributed by atoms with Gasteiger partial charge >= 0.3 is 5.97 Å². The van der Waals surface area contributed by atoms with Gasteiger partial charge in [-0.15, -0.1) is 16.9 Å². The van der Waals surface area contributed by atoms with Crippen molar-refractivity contribution in [2.45, 2.75) is 48.9 Å². The number of thioether (sulfide) groups is 1. The number of nitrogens with zero attached hydrogens (tertiary/aromatic N) is 4. The Kier molecular flexibility index (Phi) is 4.56. The molecular weight excluding hydrogens is 396 g/mol. The molecule has 0 bridgehead atoms. The van der Waals surface area contributed by atoms with Crippen LogP contribution in [0.5, 0.6) is 0 Å². The van der Waals surface area contributed by atoms with E-state index in [0.717, 1.165) is 5.56 Å². The van der Waals surface area contributed by atoms with Crippen LogP contribution in [0.15, 0.2) is 24.3 Å². The predicted octanol–water partition coefficient (Wildman–Crippen LogP) is 0.596. The highest BCUT2D eigenvalue weighted by molar-refractivity contribution is 8.01. The third-order valence-electron chi connectivity index (χ3n) is 5.28. The molecule has 4 rings (SSSR count). The minimum absolute atomic E-state index is 0.282. The van der Waals surface area contributed by atoms with E-state index in [1.54, 1.807) is 29.2 Å². The fraction of sp³-hybridized carbons (Fsp3) is 0.444. The molecule has 2 aliphatic heterocycles. The summed E-state index contributed by atoms with van der Waals surface area (Å²) in [5.74, 6) is -3.16. The lowest BCUT2D eigenvalue weighted by atomic mass is 9.93. The second-order valence-electron chi connectivity index (χ2n) is 7.71. The maximum Gasteiger partial charge on any atom is 0.320 e. The van der Waals surface area contributed by atoms with Crippen molar-refractivity contribution in [2.75, 3.05) is 0 Å². The number of aromatic amines is 1. The molecule has 1 aromatic heterocycles. The van der Waals surface area contributed by atoms with Crippen LogP contribution in [0.2, 0.25) is 0 Å². The summed E-state index contributed by atoms with van der Waals surface area (Å²) in [6, 6.07) is 5.58. The summed E-state index contributed by atoms with van der Waals surface area (Å²) < 4.78 is -0.385. The van der Waals surface area contributed by atoms with Crippen LogP contribution in [0.3, 0.4) is 0 Å². The second kappa shape index (κ2) is 6.83. The van der Waals surface area contributed by atoms with Crippen LogP contribution in [0.1, 0.15) is 42.8 Å². The van der Waals surface area contributed by atoms with E-state index >= 15 is 0 Å². The average Bonchev–Trinajstić information content (AvgIpc) is 3.25. The summed E-state index contributed by atoms with van der Waals surface area (Å²) in [7, 11) is 0. The number of carbonyl (C=O) groups excluding carboxylic acids is 2. The molecular formula is C18H20N6O4S. The maximum absolute atomic E-state index is 12.8. The van der Waals surface area contributed by atoms with Crippen molar-refractivity contribution < 1.29 is 19.5 Å². The van der Waals surface area contributed by atoms with Gasteiger partial charge in [-0.1, -0.05) is 29.8 Å². The number of β-lactam (4-membered cyclic amide) rings is 1. The molecule has 2 fully saturated rings. The largest absolute Gasteiger partial charge is 0.480 e. The molecule has 10 nitrogen and oxygen atoms in total. The number of aliphatic carboxylic acids is 1. The van der Waals surface area contributed by atoms with Gasteiger partial charge in [-0.2, -0.15) is 0 Å². The van der Waals surface area contributed by atoms with Crippen LogP contribution in [0, 0.1) is 6.92 Å². The average molecular weight is 416 g/mol. The van der Waals surface area contributed by atoms with Crippen LogP contribution in [-0.4, -0.2) is 64.6 Å². The normalized spacial score (nSPS) is 25.8. The fourth-order valence-corrected chi connectivity index (χ4v) is 5.51. The van der Waals surface area contributed by atoms with Gasteiger partial charge in [0, 0.05) is 4.75 Å². The molecule has 3 heterocycles. The number of H-pyrrole nitrogens is 1. The van der Waals surface area contributed by atoms with Gasteiger partial charge in [-0.3, -0.25) is 14.4 Å². The van der Waals surface area contributed by atoms with E-state index < -0.39 is 23.8 Å². The monoisotopic (exact) mass is 416 g/mol. The molecule has 4 atom stereocenters. The van der Waals surface area contributed by atoms with Crippen molar-refractivity contribution in [2.24, 2.45) is 0 Å². The summed E-state index contributed by atoms with van der Waals surface area (Å²) in [5, 5.41) is 25.7. The Hall–Kier alpha value is -2.95. The van der Waals surface area contributed by atoms with Gasteiger partial charge in [0.2, 0.25) is 11.8 Å². The van der Waals surface area contributed by atoms with Gasteiger partial charge < -0.3 is 15.3 Å². The third-order valence-corrected chi connectivity index (χ3v) is 6.85. The summed E-state index contributed by atoms with van der Waals surface area (Å²) in [6.45, 7) is 5.82. The van der Waals surface area contributed by atoms with Gasteiger partial charge in [0.05, 0.1) is 0 Å². The van der Waals surface area contributed by atoms with Crippen molar-refractivity contribution in [3.05, 3.63) is 41.2 Å². The maximum atomic E-state index is 12.8. The zero-order chi connectivity index (χ0) is 20.9. The minimum atomic E-state index is -1.38. The Morgan fingerprint density at radius 2 is 2.00 bits per heavy atom. The number of aromatic nitrogens is 4. The van der Waals surface area contributed by atoms with Gasteiger partial charge in [0.1, 0.15) is 17.5 Å². The first-order chi connectivity index (χ1) is 13.7. The van der Waals surface area contributed by atoms with Crippen LogP contribution < -0.4 is 5.32 Å². The zero-order valence-electron chi connectivity index (χ0n) is 16.0. The van der Waals surface area contributed by atoms with Crippen molar-refractivity contribution in [3.63, 3.8) is 0 Å². The van der Waals surface area contributed by atoms with E-state index in [-0.39, 0.29) is 22.1 Å². The highest BCUT2D eigenvalue weighted by atomic mass is 32.2. The van der Waals surface area contributed by atoms with E-state index in [2.05, 4.69) is 25.9 Å². The SMILES string of the molecule is Cc1ccc(C(C(=O)O)C(=O)NC2C(=O)N3C2SC(C)(C)C3c2nnn[nH]2)cc1. The Labute approximate surface area is 170 Å². The second-order valence-corrected chi connectivity index (χ2v) is 9.49. The lowest BCUT2D eigenvalue weighted by Gasteiger charge is -2.44. The van der Waals surface area contributed by atoms with Gasteiger partial charge in [0.15, 0.2) is 11.7 Å². The van der Waals surface area contributed by atoms with Gasteiger partial charge in [-0.05, 0) is 36.8 Å². The summed E-state index contributed by atoms with van der Waals surface area (Å²) in [6.07, 6.45) is 0. The number of carboxylic acids is 1. The Morgan fingerprint density at radius 3 is 2.59 bits per heavy atom. The molecule has 4 unspecified atom stereocenters. The van der Waals surface area contributed by atoms with Crippen molar-refractivity contribution in [3.8, 4) is 0 Å². The topological polar surface area (TPSA) is 141 Å². The van der Waals surface area contributed by atoms with Crippen molar-refractivity contribution in [1.82, 2.24) is 30.8 Å². The third kappa shape index (κ3) is 3.15. The molecule has 2 amide bonds. The molecule has 1 aromatic carbocycles. The molecule has 0 radical (unpaired) electrons. The number of carboxylic acid groups (broad SMARTS) is 1. The highest BCUT2D eigenvalue weighted by Gasteiger charge is 2.63. The van der Waals surface area contributed by atoms with E-state index in [1.165, 1.54) is 11.8 Å². The smallest absolute Gasteiger partial charge is 0.320 e. The first-order valence-electron chi connectivity index (χ1n) is 9.04. The molecule has 0 saturated carbocycles. The predicted molar refractivity (Wildman–Crippen MR) is 103 cm³/mol. The van der Waals surface area contributed by atoms with E-state index in [0.29, 0.717) is 11.4 Å². The molecule has 0 aliphatic carbocycles. The molecule has 2 aliphatic rings. The van der Waals surface area contributed by atoms with Gasteiger partial charge in [0.25, 0.3) is 0 Å². The number of fused-ring (bicyclic) bond motifs is 1. The number of rotatable bonds is 5. The summed E-state index contributed by atoms with van der Waals surface area (Å²) in [5.41, 5.74) is 1.33. The van der Waals surface area contributed by atoms with E-state index in [4.69, 9.17) is 0 Å². The quantitative estimate of drug-likeness (QED) is 0.475. The first kappa shape index (κ1) is 19.4. The number of tetrazole rings is 1. The Bertz CT molecular complexity index is 961. The molecule has 152 valence electrons. The number of hydrogen-bond donors (Lipinski definition) is 3. The number of hydrogen-bond acceptors (Lipinski definition) is 7. The van der Waals surface area contributed by atoms with Crippen LogP contribution >= 0.6 is 11.8 Å². The van der Waals surface area contributed by atoms with Crippen LogP contribution in [-0.2, 0) is 14.4 Å². The minimum Gasteiger partial charge on any atom is -0.480 e. The standard InChI is InChI=1S/C18H20N6O4S/c1-8-4-6-9(7-5-8)10(17(27)28)14(25)19-11-15(26)24-12(13-20-22-23-21-13)18(2,3)29-16(11)24/h4-7,10-12,16H,1-3H3,(H,19,25)(H,27,28)(H,20,21,22,23). The number of aryl methyl sites for hydroxylation is 1. The number of nitrogens with one attached hydrogen (secondary N) is 2. The molecule has 2 aromatic rings. The van der Waals surface area contributed by atoms with E-state index in [9.17, 15) is 19.5 Å². The summed E-state index contributed by atoms with van der Waals surface area (Å²) in [4.78, 5) is 39.0. The number of amides is 2. The first-order valence-corrected chi connectivity index (χ1v) is 9.92. The molecule has 29 heavy (non-hydrogen) atoms. The number of benzene rings is 1. The Morgan fingerprint density at radius 1 is 1.31 bits per heavy atom. The van der Waals surface area contributed by atoms with Crippen molar-refractivity contribution in [1.29, 1.82) is 0 Å². The Balaban J connectivity index is 1.53. The number of carbonyl (C=O) groups is 3. The molecule has 11 heteroatoms. The van der Waals surface area contributed by atoms with E-state index in [1.807, 2.05) is 20.8 Å². The highest BCUT2D eigenvalue weighted by Crippen LogP contribution is 2.56. The molecule has 0 spiro atoms. The van der Waals surface area contributed by atoms with Crippen LogP contribution in [0.25, 0.3) is 0 Å². The summed E-state index contributed by atoms with van der Waals surface area (Å²) >= 11 is 1.52. The lowest BCUT2D eigenvalue weighted by Crippen LogP contribution is -2.68. The zero-order valence-corrected chi connectivity index (χ0v) is 16.8. The molecule has 2 saturated heterocycles. The lowest BCUT2D eigenvalue weighted by molar-refractivity contribution is -0.153. The molecule has 3 N–H and O–H groups in total. The van der Waals surface area contributed by atoms with Crippen LogP contribution in [0.4, 0.5) is 0 Å². The van der Waals surface area contributed by atoms with Crippen molar-refractivity contribution >= 4 is 29.5 Å².